The van der Waals surface area contributed by atoms with Crippen molar-refractivity contribution in [2.45, 2.75) is 0 Å². The molecule has 0 rings (SSSR count). The summed E-state index contributed by atoms with van der Waals surface area (Å²) in [7, 11) is 3.38. The van der Waals surface area contributed by atoms with E-state index in [0.29, 0.717) is 0 Å². The number of rotatable bonds is 2. The maximum Gasteiger partial charge on any atom is 0 e. The molecule has 0 spiro atoms. The Bertz CT molecular complexity index is 34.1. The van der Waals surface area contributed by atoms with E-state index in [1.807, 2.05) is 0 Å². The van der Waals surface area contributed by atoms with Crippen molar-refractivity contribution < 1.29 is 36.7 Å². The van der Waals surface area contributed by atoms with Gasteiger partial charge in [0, 0.05) is 32.3 Å². The van der Waals surface area contributed by atoms with Crippen LogP contribution in [0.5, 0.6) is 0 Å². The number of hydrogen-bond donors (Lipinski definition) is 0. The van der Waals surface area contributed by atoms with Gasteiger partial charge in [0.15, 0.2) is 0 Å². The summed E-state index contributed by atoms with van der Waals surface area (Å²) in [5.74, 6) is 0. The minimum atomic E-state index is -0.406. The Labute approximate surface area is 84.2 Å². The third-order valence-electron chi connectivity index (χ3n) is 0.427. The average molecular weight is 514 g/mol. The summed E-state index contributed by atoms with van der Waals surface area (Å²) < 4.78 is 12.1. The maximum atomic E-state index is 11.3. The first-order chi connectivity index (χ1) is 2.81. The van der Waals surface area contributed by atoms with E-state index in [2.05, 4.69) is 7.05 Å². The molecule has 0 aromatic heterocycles. The average Bonchev–Trinajstić information content (AvgIpc) is 1.65. The van der Waals surface area contributed by atoms with Gasteiger partial charge in [-0.2, -0.15) is 0 Å². The summed E-state index contributed by atoms with van der Waals surface area (Å²) in [6.45, 7) is -0.406. The summed E-state index contributed by atoms with van der Waals surface area (Å²) in [5, 5.41) is 0. The zero-order chi connectivity index (χ0) is 4.99. The molecule has 0 heterocycles. The normalized spacial score (nSPS) is 8.57. The Morgan fingerprint density at radius 2 is 2.14 bits per heavy atom. The summed E-state index contributed by atoms with van der Waals surface area (Å²) in [6, 6.07) is 0. The molecule has 0 atom stereocenters. The van der Waals surface area contributed by atoms with Crippen LogP contribution in [0.15, 0.2) is 0 Å². The zero-order valence-electron chi connectivity index (χ0n) is 4.10. The number of hydrogen-bond acceptors (Lipinski definition) is 1. The molecule has 0 saturated carbocycles. The summed E-state index contributed by atoms with van der Waals surface area (Å²) in [4.78, 5) is 1.41. The summed E-state index contributed by atoms with van der Waals surface area (Å²) >= 11 is 0.836. The molecule has 0 N–H and O–H groups in total. The summed E-state index contributed by atoms with van der Waals surface area (Å²) in [5.41, 5.74) is 0. The van der Waals surface area contributed by atoms with Gasteiger partial charge < -0.3 is 0 Å². The van der Waals surface area contributed by atoms with E-state index in [0.717, 1.165) is 29.9 Å². The first-order valence-corrected chi connectivity index (χ1v) is 4.80. The zero-order valence-corrected chi connectivity index (χ0v) is 13.4. The minimum absolute atomic E-state index is 0. The largest absolute Gasteiger partial charge is 0 e. The topological polar surface area (TPSA) is 3.24 Å². The van der Waals surface area contributed by atoms with Crippen LogP contribution in [0.4, 0.5) is 4.39 Å². The van der Waals surface area contributed by atoms with Gasteiger partial charge in [-0.05, 0) is 0 Å². The Hall–Kier alpha value is 1.90. The van der Waals surface area contributed by atoms with Crippen LogP contribution in [-0.4, -0.2) is 41.6 Å². The molecule has 0 saturated heterocycles. The molecular weight excluding hydrogens is 507 g/mol. The van der Waals surface area contributed by atoms with E-state index in [1.54, 1.807) is 0 Å². The molecule has 0 fully saturated rings. The third-order valence-corrected chi connectivity index (χ3v) is 2.43. The second kappa shape index (κ2) is 7.90. The molecule has 0 bridgehead atoms. The van der Waals surface area contributed by atoms with Gasteiger partial charge in [0.25, 0.3) is 0 Å². The van der Waals surface area contributed by atoms with Crippen molar-refractivity contribution in [1.82, 2.24) is 4.90 Å². The van der Waals surface area contributed by atoms with E-state index in [-0.39, 0.29) is 32.3 Å². The van der Waals surface area contributed by atoms with E-state index in [1.165, 1.54) is 4.90 Å². The van der Waals surface area contributed by atoms with Crippen LogP contribution in [0, 0.1) is 39.4 Å². The Morgan fingerprint density at radius 1 is 1.71 bits per heavy atom. The number of nitrogens with zero attached hydrogens (tertiary/aromatic N) is 1. The molecule has 0 amide bonds. The van der Waals surface area contributed by atoms with Gasteiger partial charge in [0.05, 0.1) is 0 Å². The van der Waals surface area contributed by atoms with Crippen LogP contribution in [0.3, 0.4) is 0 Å². The number of halogens is 1. The molecule has 4 heteroatoms. The van der Waals surface area contributed by atoms with E-state index < -0.39 is 6.80 Å². The van der Waals surface area contributed by atoms with E-state index in [9.17, 15) is 4.39 Å². The van der Waals surface area contributed by atoms with Crippen LogP contribution >= 0.6 is 0 Å². The fourth-order valence-corrected chi connectivity index (χ4v) is 0.428. The van der Waals surface area contributed by atoms with Crippen molar-refractivity contribution >= 4 is 25.8 Å². The van der Waals surface area contributed by atoms with Gasteiger partial charge in [-0.25, -0.2) is 0 Å². The standard InChI is InChI=1S/C3H6FN.Pa.Pb.H/c1-5(2)3-4;;;/h1-3H2;;;/q-1;;;. The van der Waals surface area contributed by atoms with Crippen molar-refractivity contribution in [3.8, 4) is 0 Å². The maximum absolute atomic E-state index is 11.3. The van der Waals surface area contributed by atoms with Crippen molar-refractivity contribution in [2.75, 3.05) is 10.9 Å². The Kier molecular flexibility index (Phi) is 13.2. The first-order valence-electron chi connectivity index (χ1n) is 1.62. The minimum Gasteiger partial charge on any atom is 0 e. The first kappa shape index (κ1) is 11.7. The van der Waals surface area contributed by atoms with Gasteiger partial charge in [-0.15, -0.1) is 0 Å². The van der Waals surface area contributed by atoms with Gasteiger partial charge in [-0.3, -0.25) is 0 Å². The molecule has 0 aliphatic rings. The third kappa shape index (κ3) is 7.90. The Morgan fingerprint density at radius 3 is 2.14 bits per heavy atom. The predicted octanol–water partition coefficient (Wildman–Crippen LogP) is -0.135. The molecule has 0 aliphatic heterocycles. The van der Waals surface area contributed by atoms with Crippen LogP contribution < -0.4 is 0 Å². The van der Waals surface area contributed by atoms with Crippen LogP contribution in [0.1, 0.15) is 0 Å². The van der Waals surface area contributed by atoms with Crippen molar-refractivity contribution in [2.24, 2.45) is 0 Å². The van der Waals surface area contributed by atoms with Crippen LogP contribution in [0.25, 0.3) is 0 Å². The van der Waals surface area contributed by atoms with Crippen LogP contribution in [-0.2, 0) is 0 Å². The molecule has 7 heavy (non-hydrogen) atoms. The van der Waals surface area contributed by atoms with Gasteiger partial charge >= 0.3 is 53.0 Å². The fraction of sp³-hybridized carbons (Fsp3) is 0.667. The molecule has 0 aromatic carbocycles. The quantitative estimate of drug-likeness (QED) is 0.282. The molecule has 0 unspecified atom stereocenters. The van der Waals surface area contributed by atoms with Gasteiger partial charge in [0.1, 0.15) is 0 Å². The van der Waals surface area contributed by atoms with Gasteiger partial charge in [-0.1, -0.05) is 0 Å². The molecular formula is C3H7FNPaPb-. The van der Waals surface area contributed by atoms with Gasteiger partial charge in [0.2, 0.25) is 0 Å². The number of alkyl halides is 1. The van der Waals surface area contributed by atoms with Crippen LogP contribution in [0.2, 0.25) is 0 Å². The van der Waals surface area contributed by atoms with Crippen molar-refractivity contribution in [3.63, 3.8) is 0 Å². The molecule has 0 aromatic rings. The smallest absolute Gasteiger partial charge is 0 e. The van der Waals surface area contributed by atoms with Crippen molar-refractivity contribution in [3.05, 3.63) is 7.05 Å². The predicted molar refractivity (Wildman–Crippen MR) is 25.2 cm³/mol. The molecule has 0 aliphatic carbocycles. The van der Waals surface area contributed by atoms with Crippen molar-refractivity contribution in [1.29, 1.82) is 0 Å². The second-order valence-electron chi connectivity index (χ2n) is 0.973. The monoisotopic (exact) mass is 515 g/mol. The summed E-state index contributed by atoms with van der Waals surface area (Å²) in [6.07, 6.45) is 0. The SMILES string of the molecule is [CH2-]N(CF)[CH2][PbH].[Pa]. The second-order valence-corrected chi connectivity index (χ2v) is 2.39. The molecule has 39 valence electrons. The van der Waals surface area contributed by atoms with E-state index in [4.69, 9.17) is 0 Å². The fourth-order valence-electron chi connectivity index (χ4n) is 0.0488. The Balaban J connectivity index is 0. The molecule has 3 radical (unpaired) electrons. The molecule has 1 nitrogen and oxygen atoms in total. The van der Waals surface area contributed by atoms with E-state index >= 15 is 0 Å².